The molecule has 29 heavy (non-hydrogen) atoms. The van der Waals surface area contributed by atoms with Crippen molar-refractivity contribution in [2.75, 3.05) is 18.7 Å². The van der Waals surface area contributed by atoms with Crippen molar-refractivity contribution in [1.29, 1.82) is 0 Å². The lowest BCUT2D eigenvalue weighted by Gasteiger charge is -2.33. The van der Waals surface area contributed by atoms with Crippen LogP contribution in [0, 0.1) is 0 Å². The van der Waals surface area contributed by atoms with Crippen LogP contribution in [0.1, 0.15) is 25.0 Å². The monoisotopic (exact) mass is 453 g/mol. The molecular weight excluding hydrogens is 433 g/mol. The number of fused-ring (bicyclic) bond motifs is 1. The quantitative estimate of drug-likeness (QED) is 0.561. The van der Waals surface area contributed by atoms with Crippen molar-refractivity contribution in [3.8, 4) is 0 Å². The number of hydrogen-bond donors (Lipinski definition) is 1. The molecule has 0 bridgehead atoms. The zero-order valence-corrected chi connectivity index (χ0v) is 18.2. The first-order valence-corrected chi connectivity index (χ1v) is 12.3. The third-order valence-electron chi connectivity index (χ3n) is 4.58. The summed E-state index contributed by atoms with van der Waals surface area (Å²) in [6.45, 7) is 0.480. The molecule has 1 fully saturated rings. The molecule has 11 heteroatoms. The van der Waals surface area contributed by atoms with E-state index in [1.165, 1.54) is 6.33 Å². The summed E-state index contributed by atoms with van der Waals surface area (Å²) >= 11 is 11.8. The highest BCUT2D eigenvalue weighted by Gasteiger charge is 2.31. The molecular formula is C18H21ClN5O3PS. The topological polar surface area (TPSA) is 97.3 Å². The number of rotatable bonds is 6. The molecule has 8 nitrogen and oxygen atoms in total. The molecule has 0 radical (unpaired) electrons. The Kier molecular flexibility index (Phi) is 6.15. The maximum absolute atomic E-state index is 6.15. The highest BCUT2D eigenvalue weighted by molar-refractivity contribution is 8.09. The van der Waals surface area contributed by atoms with Crippen molar-refractivity contribution < 1.29 is 13.8 Å². The number of nitrogens with two attached hydrogens (primary N) is 1. The Balaban J connectivity index is 1.38. The molecule has 2 aromatic heterocycles. The predicted molar refractivity (Wildman–Crippen MR) is 115 cm³/mol. The summed E-state index contributed by atoms with van der Waals surface area (Å²) in [7, 11) is 0. The number of anilines is 1. The molecule has 1 aliphatic rings. The summed E-state index contributed by atoms with van der Waals surface area (Å²) in [6, 6.07) is 7.63. The molecule has 154 valence electrons. The van der Waals surface area contributed by atoms with Gasteiger partial charge >= 0.3 is 0 Å². The first kappa shape index (κ1) is 20.7. The molecule has 0 unspecified atom stereocenters. The summed E-state index contributed by atoms with van der Waals surface area (Å²) in [6.07, 6.45) is 3.77. The van der Waals surface area contributed by atoms with Crippen molar-refractivity contribution >= 4 is 46.9 Å². The number of benzene rings is 1. The van der Waals surface area contributed by atoms with Crippen molar-refractivity contribution in [3.63, 3.8) is 0 Å². The summed E-state index contributed by atoms with van der Waals surface area (Å²) < 4.78 is 19.8. The number of nitrogen functional groups attached to an aromatic ring is 1. The number of nitrogens with zero attached hydrogens (tertiary/aromatic N) is 4. The SMILES string of the molecule is C[C@H](Cn1cnc2c(N)ncnc21)OC[P@@]1(=S)OCC[C@@H](c2cccc(Cl)c2)O1. The first-order chi connectivity index (χ1) is 13.9. The number of hydrogen-bond acceptors (Lipinski definition) is 8. The Labute approximate surface area is 178 Å². The second kappa shape index (κ2) is 8.63. The smallest absolute Gasteiger partial charge is 0.215 e. The second-order valence-electron chi connectivity index (χ2n) is 6.82. The van der Waals surface area contributed by atoms with Gasteiger partial charge in [0.25, 0.3) is 0 Å². The van der Waals surface area contributed by atoms with Crippen LogP contribution in [-0.2, 0) is 32.1 Å². The number of halogens is 1. The minimum absolute atomic E-state index is 0.135. The van der Waals surface area contributed by atoms with Gasteiger partial charge in [-0.1, -0.05) is 23.7 Å². The molecule has 0 amide bonds. The molecule has 0 saturated carbocycles. The van der Waals surface area contributed by atoms with E-state index in [9.17, 15) is 0 Å². The summed E-state index contributed by atoms with van der Waals surface area (Å²) in [4.78, 5) is 12.5. The zero-order valence-electron chi connectivity index (χ0n) is 15.8. The third kappa shape index (κ3) is 4.77. The number of ether oxygens (including phenoxy) is 1. The molecule has 0 spiro atoms. The van der Waals surface area contributed by atoms with Crippen molar-refractivity contribution in [3.05, 3.63) is 47.5 Å². The third-order valence-corrected chi connectivity index (χ3v) is 7.32. The fourth-order valence-corrected chi connectivity index (χ4v) is 5.71. The number of aromatic nitrogens is 4. The first-order valence-electron chi connectivity index (χ1n) is 9.14. The van der Waals surface area contributed by atoms with Crippen LogP contribution in [-0.4, -0.2) is 38.6 Å². The van der Waals surface area contributed by atoms with Gasteiger partial charge in [0.1, 0.15) is 18.2 Å². The van der Waals surface area contributed by atoms with Crippen molar-refractivity contribution in [2.45, 2.75) is 32.1 Å². The van der Waals surface area contributed by atoms with Gasteiger partial charge in [0.2, 0.25) is 6.49 Å². The average Bonchev–Trinajstić information content (AvgIpc) is 3.11. The Morgan fingerprint density at radius 2 is 2.28 bits per heavy atom. The van der Waals surface area contributed by atoms with Crippen LogP contribution < -0.4 is 5.73 Å². The minimum Gasteiger partial charge on any atom is -0.382 e. The molecule has 4 rings (SSSR count). The molecule has 2 N–H and O–H groups in total. The van der Waals surface area contributed by atoms with Crippen LogP contribution in [0.4, 0.5) is 5.82 Å². The van der Waals surface area contributed by atoms with Gasteiger partial charge < -0.3 is 24.1 Å². The largest absolute Gasteiger partial charge is 0.382 e. The average molecular weight is 454 g/mol. The van der Waals surface area contributed by atoms with E-state index in [0.717, 1.165) is 12.0 Å². The van der Waals surface area contributed by atoms with Gasteiger partial charge in [-0.2, -0.15) is 0 Å². The fraction of sp³-hybridized carbons (Fsp3) is 0.389. The van der Waals surface area contributed by atoms with E-state index in [4.69, 9.17) is 42.9 Å². The Hall–Kier alpha value is -1.61. The van der Waals surface area contributed by atoms with Gasteiger partial charge in [-0.15, -0.1) is 0 Å². The van der Waals surface area contributed by atoms with Crippen molar-refractivity contribution in [2.24, 2.45) is 0 Å². The molecule has 3 aromatic rings. The summed E-state index contributed by atoms with van der Waals surface area (Å²) in [5, 5.41) is 0.674. The lowest BCUT2D eigenvalue weighted by atomic mass is 10.1. The van der Waals surface area contributed by atoms with E-state index < -0.39 is 6.49 Å². The normalized spacial score (nSPS) is 23.3. The van der Waals surface area contributed by atoms with E-state index in [1.807, 2.05) is 35.8 Å². The molecule has 1 aliphatic heterocycles. The highest BCUT2D eigenvalue weighted by Crippen LogP contribution is 2.56. The Morgan fingerprint density at radius 3 is 3.10 bits per heavy atom. The second-order valence-corrected chi connectivity index (χ2v) is 10.9. The van der Waals surface area contributed by atoms with Gasteiger partial charge in [0, 0.05) is 11.4 Å². The van der Waals surface area contributed by atoms with Crippen molar-refractivity contribution in [1.82, 2.24) is 19.5 Å². The zero-order chi connectivity index (χ0) is 20.4. The van der Waals surface area contributed by atoms with Crippen LogP contribution >= 0.6 is 18.1 Å². The maximum atomic E-state index is 6.15. The van der Waals surface area contributed by atoms with Crippen LogP contribution in [0.2, 0.25) is 5.02 Å². The molecule has 3 atom stereocenters. The van der Waals surface area contributed by atoms with E-state index in [0.29, 0.717) is 35.2 Å². The van der Waals surface area contributed by atoms with Gasteiger partial charge in [-0.05, 0) is 36.4 Å². The minimum atomic E-state index is -2.55. The molecule has 0 aliphatic carbocycles. The lowest BCUT2D eigenvalue weighted by molar-refractivity contribution is 0.0509. The molecule has 1 aromatic carbocycles. The molecule has 3 heterocycles. The summed E-state index contributed by atoms with van der Waals surface area (Å²) in [5.74, 6) is 0.355. The standard InChI is InChI=1S/C18H21ClN5O3PS/c1-12(8-24-10-23-16-17(20)21-9-22-18(16)24)25-11-28(29)26-6-5-15(27-28)13-3-2-4-14(19)7-13/h2-4,7,9-10,12,15H,5-6,8,11H2,1H3,(H2,20,21,22)/t12-,15+,28-/m1/s1. The highest BCUT2D eigenvalue weighted by atomic mass is 35.5. The van der Waals surface area contributed by atoms with Crippen LogP contribution in [0.3, 0.4) is 0 Å². The molecule has 1 saturated heterocycles. The fourth-order valence-electron chi connectivity index (χ4n) is 3.16. The van der Waals surface area contributed by atoms with Gasteiger partial charge in [-0.3, -0.25) is 0 Å². The van der Waals surface area contributed by atoms with Gasteiger partial charge in [-0.25, -0.2) is 15.0 Å². The Bertz CT molecular complexity index is 1060. The number of imidazole rings is 1. The van der Waals surface area contributed by atoms with Gasteiger partial charge in [0.05, 0.1) is 31.7 Å². The van der Waals surface area contributed by atoms with E-state index in [1.54, 1.807) is 6.33 Å². The van der Waals surface area contributed by atoms with Gasteiger partial charge in [0.15, 0.2) is 11.5 Å². The predicted octanol–water partition coefficient (Wildman–Crippen LogP) is 3.91. The van der Waals surface area contributed by atoms with E-state index in [-0.39, 0.29) is 18.6 Å². The van der Waals surface area contributed by atoms with E-state index in [2.05, 4.69) is 15.0 Å². The van der Waals surface area contributed by atoms with Crippen LogP contribution in [0.25, 0.3) is 11.2 Å². The van der Waals surface area contributed by atoms with Crippen LogP contribution in [0.15, 0.2) is 36.9 Å². The van der Waals surface area contributed by atoms with Crippen LogP contribution in [0.5, 0.6) is 0 Å². The summed E-state index contributed by atoms with van der Waals surface area (Å²) in [5.41, 5.74) is 8.09. The Morgan fingerprint density at radius 1 is 1.41 bits per heavy atom. The van der Waals surface area contributed by atoms with E-state index >= 15 is 0 Å². The maximum Gasteiger partial charge on any atom is 0.215 e. The lowest BCUT2D eigenvalue weighted by Crippen LogP contribution is -2.21.